The van der Waals surface area contributed by atoms with Crippen LogP contribution >= 0.6 is 34.8 Å². The van der Waals surface area contributed by atoms with Crippen molar-refractivity contribution in [3.05, 3.63) is 6.92 Å². The molecule has 0 unspecified atom stereocenters. The Bertz CT molecular complexity index is 107. The second-order valence-corrected chi connectivity index (χ2v) is 3.35. The summed E-state index contributed by atoms with van der Waals surface area (Å²) in [5.41, 5.74) is 0. The number of esters is 1. The van der Waals surface area contributed by atoms with Gasteiger partial charge in [-0.05, 0) is 41.7 Å². The zero-order chi connectivity index (χ0) is 7.49. The maximum atomic E-state index is 10.3. The van der Waals surface area contributed by atoms with Crippen LogP contribution in [0.1, 0.15) is 6.42 Å². The Morgan fingerprint density at radius 2 is 2.00 bits per heavy atom. The zero-order valence-electron chi connectivity index (χ0n) is 4.36. The molecule has 0 spiro atoms. The summed E-state index contributed by atoms with van der Waals surface area (Å²) in [6.07, 6.45) is -0.0477. The van der Waals surface area contributed by atoms with E-state index in [0.717, 1.165) is 0 Å². The molecule has 0 rings (SSSR count). The molecule has 0 amide bonds. The maximum Gasteiger partial charge on any atom is 0.340 e. The van der Waals surface area contributed by atoms with Crippen molar-refractivity contribution < 1.29 is 9.53 Å². The number of ether oxygens (including phenoxy) is 1. The molecular formula is C4H4Cl3O2. The largest absolute Gasteiger partial charge is 0.415 e. The number of alkyl halides is 3. The molecule has 0 N–H and O–H groups in total. The Balaban J connectivity index is 3.60. The van der Waals surface area contributed by atoms with Crippen LogP contribution in [0.3, 0.4) is 0 Å². The summed E-state index contributed by atoms with van der Waals surface area (Å²) in [5, 5.41) is 0. The second-order valence-electron chi connectivity index (χ2n) is 1.17. The quantitative estimate of drug-likeness (QED) is 0.467. The fourth-order valence-electron chi connectivity index (χ4n) is 0.180. The molecule has 0 aromatic heterocycles. The fourth-order valence-corrected chi connectivity index (χ4v) is 0.438. The zero-order valence-corrected chi connectivity index (χ0v) is 6.63. The highest BCUT2D eigenvalue weighted by Crippen LogP contribution is 2.27. The van der Waals surface area contributed by atoms with E-state index in [-0.39, 0.29) is 6.42 Å². The lowest BCUT2D eigenvalue weighted by Gasteiger charge is -2.09. The Kier molecular flexibility index (Phi) is 3.63. The van der Waals surface area contributed by atoms with Crippen LogP contribution in [0, 0.1) is 6.92 Å². The highest BCUT2D eigenvalue weighted by Gasteiger charge is 2.23. The minimum atomic E-state index is -1.95. The molecule has 0 aliphatic rings. The topological polar surface area (TPSA) is 26.3 Å². The van der Waals surface area contributed by atoms with Gasteiger partial charge in [-0.1, -0.05) is 0 Å². The first-order valence-electron chi connectivity index (χ1n) is 2.03. The van der Waals surface area contributed by atoms with E-state index in [1.165, 1.54) is 0 Å². The normalized spacial score (nSPS) is 11.1. The second kappa shape index (κ2) is 3.49. The Morgan fingerprint density at radius 3 is 2.11 bits per heavy atom. The summed E-state index contributed by atoms with van der Waals surface area (Å²) in [5.74, 6) is -0.644. The monoisotopic (exact) mass is 189 g/mol. The molecule has 0 fully saturated rings. The maximum absolute atomic E-state index is 10.3. The van der Waals surface area contributed by atoms with E-state index in [0.29, 0.717) is 0 Å². The number of hydrogen-bond acceptors (Lipinski definition) is 2. The van der Waals surface area contributed by atoms with Crippen molar-refractivity contribution in [2.45, 2.75) is 10.4 Å². The number of rotatable bonds is 1. The molecule has 0 saturated heterocycles. The molecule has 5 heteroatoms. The van der Waals surface area contributed by atoms with Gasteiger partial charge in [-0.25, -0.2) is 0 Å². The first kappa shape index (κ1) is 9.34. The lowest BCUT2D eigenvalue weighted by atomic mass is 10.5. The van der Waals surface area contributed by atoms with E-state index in [2.05, 4.69) is 11.7 Å². The third-order valence-corrected chi connectivity index (χ3v) is 0.665. The van der Waals surface area contributed by atoms with Crippen molar-refractivity contribution in [1.82, 2.24) is 0 Å². The van der Waals surface area contributed by atoms with E-state index in [1.54, 1.807) is 0 Å². The van der Waals surface area contributed by atoms with E-state index < -0.39 is 9.95 Å². The van der Waals surface area contributed by atoms with Gasteiger partial charge in [0.05, 0.1) is 0 Å². The molecule has 0 saturated carbocycles. The predicted octanol–water partition coefficient (Wildman–Crippen LogP) is 2.08. The number of carbonyl (C=O) groups excluding carboxylic acids is 1. The van der Waals surface area contributed by atoms with Gasteiger partial charge in [-0.3, -0.25) is 4.79 Å². The minimum absolute atomic E-state index is 0.0477. The summed E-state index contributed by atoms with van der Waals surface area (Å²) < 4.78 is 2.23. The molecule has 2 nitrogen and oxygen atoms in total. The van der Waals surface area contributed by atoms with Crippen molar-refractivity contribution in [3.8, 4) is 0 Å². The molecule has 0 heterocycles. The molecule has 53 valence electrons. The Morgan fingerprint density at radius 1 is 1.56 bits per heavy atom. The highest BCUT2D eigenvalue weighted by molar-refractivity contribution is 6.66. The van der Waals surface area contributed by atoms with Gasteiger partial charge in [-0.15, -0.1) is 0 Å². The molecule has 0 aromatic rings. The lowest BCUT2D eigenvalue weighted by molar-refractivity contribution is -0.143. The fraction of sp³-hybridized carbons (Fsp3) is 0.500. The smallest absolute Gasteiger partial charge is 0.340 e. The van der Waals surface area contributed by atoms with E-state index in [1.807, 2.05) is 0 Å². The van der Waals surface area contributed by atoms with Gasteiger partial charge in [0, 0.05) is 6.42 Å². The van der Waals surface area contributed by atoms with Gasteiger partial charge in [0.1, 0.15) is 0 Å². The van der Waals surface area contributed by atoms with Gasteiger partial charge in [-0.2, -0.15) is 0 Å². The summed E-state index contributed by atoms with van der Waals surface area (Å²) in [7, 11) is 0. The molecule has 0 aliphatic heterocycles. The number of hydrogen-bond donors (Lipinski definition) is 0. The minimum Gasteiger partial charge on any atom is -0.415 e. The van der Waals surface area contributed by atoms with Crippen LogP contribution in [-0.2, 0) is 9.53 Å². The van der Waals surface area contributed by atoms with Crippen molar-refractivity contribution in [1.29, 1.82) is 0 Å². The van der Waals surface area contributed by atoms with Crippen LogP contribution in [0.5, 0.6) is 0 Å². The van der Waals surface area contributed by atoms with E-state index in [4.69, 9.17) is 34.8 Å². The standard InChI is InChI=1S/C4H4Cl3O2/c1-2-3(8)9-4(5,6)7/h1-2H2. The van der Waals surface area contributed by atoms with E-state index >= 15 is 0 Å². The average molecular weight is 190 g/mol. The molecule has 0 aliphatic carbocycles. The first-order valence-corrected chi connectivity index (χ1v) is 3.17. The first-order chi connectivity index (χ1) is 3.95. The van der Waals surface area contributed by atoms with Gasteiger partial charge < -0.3 is 4.74 Å². The molecule has 1 radical (unpaired) electrons. The van der Waals surface area contributed by atoms with Crippen molar-refractivity contribution in [2.75, 3.05) is 0 Å². The SMILES string of the molecule is [CH2]CC(=O)OC(Cl)(Cl)Cl. The van der Waals surface area contributed by atoms with Crippen LogP contribution in [0.4, 0.5) is 0 Å². The predicted molar refractivity (Wildman–Crippen MR) is 36.4 cm³/mol. The van der Waals surface area contributed by atoms with Crippen LogP contribution in [-0.4, -0.2) is 9.95 Å². The summed E-state index contributed by atoms with van der Waals surface area (Å²) in [6.45, 7) is 3.22. The summed E-state index contributed by atoms with van der Waals surface area (Å²) in [4.78, 5) is 10.3. The van der Waals surface area contributed by atoms with Gasteiger partial charge >= 0.3 is 9.95 Å². The lowest BCUT2D eigenvalue weighted by Crippen LogP contribution is -2.14. The average Bonchev–Trinajstić information content (AvgIpc) is 1.62. The molecule has 0 aromatic carbocycles. The van der Waals surface area contributed by atoms with Crippen LogP contribution in [0.25, 0.3) is 0 Å². The Labute approximate surface area is 68.0 Å². The third-order valence-electron chi connectivity index (χ3n) is 0.434. The summed E-state index contributed by atoms with van der Waals surface area (Å²) >= 11 is 15.2. The number of carbonyl (C=O) groups is 1. The van der Waals surface area contributed by atoms with Crippen molar-refractivity contribution in [3.63, 3.8) is 0 Å². The molecule has 0 atom stereocenters. The van der Waals surface area contributed by atoms with Gasteiger partial charge in [0.25, 0.3) is 0 Å². The van der Waals surface area contributed by atoms with Crippen molar-refractivity contribution >= 4 is 40.8 Å². The molecule has 0 bridgehead atoms. The summed E-state index contributed by atoms with van der Waals surface area (Å²) in [6, 6.07) is 0. The van der Waals surface area contributed by atoms with Crippen LogP contribution in [0.2, 0.25) is 0 Å². The molecular weight excluding hydrogens is 186 g/mol. The highest BCUT2D eigenvalue weighted by atomic mass is 35.6. The van der Waals surface area contributed by atoms with Crippen LogP contribution < -0.4 is 0 Å². The Hall–Kier alpha value is 0.340. The van der Waals surface area contributed by atoms with Crippen LogP contribution in [0.15, 0.2) is 0 Å². The van der Waals surface area contributed by atoms with Gasteiger partial charge in [0.2, 0.25) is 0 Å². The van der Waals surface area contributed by atoms with Crippen molar-refractivity contribution in [2.24, 2.45) is 0 Å². The van der Waals surface area contributed by atoms with Gasteiger partial charge in [0.15, 0.2) is 0 Å². The molecule has 9 heavy (non-hydrogen) atoms. The number of halogens is 3. The third kappa shape index (κ3) is 6.22. The van der Waals surface area contributed by atoms with E-state index in [9.17, 15) is 4.79 Å².